The molecule has 2 aromatic carbocycles. The smallest absolute Gasteiger partial charge is 0.246 e. The molecule has 3 aromatic rings. The largest absolute Gasteiger partial charge is 0.497 e. The van der Waals surface area contributed by atoms with Crippen molar-refractivity contribution in [2.24, 2.45) is 0 Å². The minimum atomic E-state index is -0.176. The number of hydrogen-bond donors (Lipinski definition) is 1. The summed E-state index contributed by atoms with van der Waals surface area (Å²) in [6.07, 6.45) is 0. The van der Waals surface area contributed by atoms with E-state index in [-0.39, 0.29) is 12.5 Å². The van der Waals surface area contributed by atoms with Crippen LogP contribution in [0.1, 0.15) is 5.01 Å². The van der Waals surface area contributed by atoms with Gasteiger partial charge in [-0.1, -0.05) is 12.1 Å². The first kappa shape index (κ1) is 18.2. The maximum atomic E-state index is 11.8. The highest BCUT2D eigenvalue weighted by Gasteiger charge is 2.05. The molecule has 6 nitrogen and oxygen atoms in total. The van der Waals surface area contributed by atoms with Crippen LogP contribution in [0.5, 0.6) is 11.5 Å². The van der Waals surface area contributed by atoms with E-state index < -0.39 is 0 Å². The fourth-order valence-corrected chi connectivity index (χ4v) is 3.20. The quantitative estimate of drug-likeness (QED) is 0.585. The average Bonchev–Trinajstić information content (AvgIpc) is 3.08. The van der Waals surface area contributed by atoms with E-state index in [4.69, 9.17) is 14.2 Å². The standard InChI is InChI=1S/C19H20N2O4S/c1-23-14-6-8-15(9-7-14)25-11-10-20-18(22)12-24-13-19-21-16-4-2-3-5-17(16)26-19/h2-9H,10-13H2,1H3,(H,20,22). The first-order valence-corrected chi connectivity index (χ1v) is 9.02. The maximum absolute atomic E-state index is 11.8. The lowest BCUT2D eigenvalue weighted by molar-refractivity contribution is -0.126. The van der Waals surface area contributed by atoms with Gasteiger partial charge in [0, 0.05) is 0 Å². The highest BCUT2D eigenvalue weighted by atomic mass is 32.1. The number of carbonyl (C=O) groups is 1. The van der Waals surface area contributed by atoms with Gasteiger partial charge in [-0.25, -0.2) is 4.98 Å². The van der Waals surface area contributed by atoms with E-state index in [0.717, 1.165) is 26.7 Å². The molecule has 0 spiro atoms. The van der Waals surface area contributed by atoms with Crippen LogP contribution in [-0.4, -0.2) is 37.8 Å². The normalized spacial score (nSPS) is 10.7. The molecule has 0 radical (unpaired) electrons. The average molecular weight is 372 g/mol. The third-order valence-electron chi connectivity index (χ3n) is 3.55. The molecule has 1 heterocycles. The van der Waals surface area contributed by atoms with Crippen LogP contribution in [0.4, 0.5) is 0 Å². The molecule has 136 valence electrons. The number of para-hydroxylation sites is 1. The van der Waals surface area contributed by atoms with E-state index in [1.165, 1.54) is 0 Å². The van der Waals surface area contributed by atoms with Crippen molar-refractivity contribution >= 4 is 27.5 Å². The first-order chi connectivity index (χ1) is 12.7. The predicted octanol–water partition coefficient (Wildman–Crippen LogP) is 3.02. The molecular weight excluding hydrogens is 352 g/mol. The summed E-state index contributed by atoms with van der Waals surface area (Å²) in [5.41, 5.74) is 0.955. The van der Waals surface area contributed by atoms with Gasteiger partial charge in [0.25, 0.3) is 0 Å². The SMILES string of the molecule is COc1ccc(OCCNC(=O)COCc2nc3ccccc3s2)cc1. The molecule has 0 fully saturated rings. The Morgan fingerprint density at radius 1 is 1.12 bits per heavy atom. The zero-order valence-corrected chi connectivity index (χ0v) is 15.3. The summed E-state index contributed by atoms with van der Waals surface area (Å²) < 4.78 is 17.2. The van der Waals surface area contributed by atoms with E-state index in [1.54, 1.807) is 18.4 Å². The molecular formula is C19H20N2O4S. The minimum absolute atomic E-state index is 0.00153. The van der Waals surface area contributed by atoms with Gasteiger partial charge in [0.2, 0.25) is 5.91 Å². The van der Waals surface area contributed by atoms with E-state index in [9.17, 15) is 4.79 Å². The zero-order valence-electron chi connectivity index (χ0n) is 14.4. The van der Waals surface area contributed by atoms with Crippen molar-refractivity contribution in [3.63, 3.8) is 0 Å². The van der Waals surface area contributed by atoms with Crippen LogP contribution >= 0.6 is 11.3 Å². The highest BCUT2D eigenvalue weighted by Crippen LogP contribution is 2.21. The van der Waals surface area contributed by atoms with Crippen molar-refractivity contribution < 1.29 is 19.0 Å². The molecule has 26 heavy (non-hydrogen) atoms. The molecule has 0 saturated carbocycles. The Balaban J connectivity index is 1.31. The van der Waals surface area contributed by atoms with Gasteiger partial charge in [-0.05, 0) is 36.4 Å². The van der Waals surface area contributed by atoms with Crippen molar-refractivity contribution in [1.82, 2.24) is 10.3 Å². The number of nitrogens with one attached hydrogen (secondary N) is 1. The molecule has 1 N–H and O–H groups in total. The van der Waals surface area contributed by atoms with Gasteiger partial charge in [0.1, 0.15) is 29.7 Å². The zero-order chi connectivity index (χ0) is 18.2. The van der Waals surface area contributed by atoms with Crippen LogP contribution in [-0.2, 0) is 16.1 Å². The number of amides is 1. The third kappa shape index (κ3) is 5.18. The number of thiazole rings is 1. The Hall–Kier alpha value is -2.64. The molecule has 1 amide bonds. The fraction of sp³-hybridized carbons (Fsp3) is 0.263. The molecule has 0 saturated heterocycles. The molecule has 0 unspecified atom stereocenters. The van der Waals surface area contributed by atoms with Gasteiger partial charge in [-0.2, -0.15) is 0 Å². The van der Waals surface area contributed by atoms with E-state index >= 15 is 0 Å². The van der Waals surface area contributed by atoms with Crippen molar-refractivity contribution in [1.29, 1.82) is 0 Å². The molecule has 0 aliphatic rings. The predicted molar refractivity (Wildman–Crippen MR) is 101 cm³/mol. The summed E-state index contributed by atoms with van der Waals surface area (Å²) in [5, 5.41) is 3.62. The number of rotatable bonds is 9. The van der Waals surface area contributed by atoms with Crippen molar-refractivity contribution in [2.75, 3.05) is 26.9 Å². The topological polar surface area (TPSA) is 69.7 Å². The van der Waals surface area contributed by atoms with Gasteiger partial charge in [0.05, 0.1) is 30.5 Å². The number of ether oxygens (including phenoxy) is 3. The van der Waals surface area contributed by atoms with Crippen molar-refractivity contribution in [2.45, 2.75) is 6.61 Å². The second-order valence-corrected chi connectivity index (χ2v) is 6.56. The summed E-state index contributed by atoms with van der Waals surface area (Å²) in [5.74, 6) is 1.33. The van der Waals surface area contributed by atoms with Crippen molar-refractivity contribution in [3.05, 3.63) is 53.5 Å². The van der Waals surface area contributed by atoms with E-state index in [0.29, 0.717) is 19.8 Å². The third-order valence-corrected chi connectivity index (χ3v) is 4.56. The summed E-state index contributed by atoms with van der Waals surface area (Å²) >= 11 is 1.57. The molecule has 0 aliphatic heterocycles. The van der Waals surface area contributed by atoms with Crippen molar-refractivity contribution in [3.8, 4) is 11.5 Å². The lowest BCUT2D eigenvalue weighted by atomic mass is 10.3. The Kier molecular flexibility index (Phi) is 6.40. The van der Waals surface area contributed by atoms with Crippen LogP contribution in [0.2, 0.25) is 0 Å². The second kappa shape index (κ2) is 9.17. The first-order valence-electron chi connectivity index (χ1n) is 8.20. The number of benzene rings is 2. The van der Waals surface area contributed by atoms with Crippen LogP contribution in [0.15, 0.2) is 48.5 Å². The Morgan fingerprint density at radius 3 is 2.65 bits per heavy atom. The molecule has 1 aromatic heterocycles. The lowest BCUT2D eigenvalue weighted by Gasteiger charge is -2.08. The van der Waals surface area contributed by atoms with Gasteiger partial charge in [-0.3, -0.25) is 4.79 Å². The number of aromatic nitrogens is 1. The molecule has 0 aliphatic carbocycles. The second-order valence-electron chi connectivity index (χ2n) is 5.44. The Morgan fingerprint density at radius 2 is 1.88 bits per heavy atom. The highest BCUT2D eigenvalue weighted by molar-refractivity contribution is 7.18. The fourth-order valence-electron chi connectivity index (χ4n) is 2.30. The summed E-state index contributed by atoms with van der Waals surface area (Å²) in [6, 6.07) is 15.2. The number of nitrogens with zero attached hydrogens (tertiary/aromatic N) is 1. The number of hydrogen-bond acceptors (Lipinski definition) is 6. The summed E-state index contributed by atoms with van der Waals surface area (Å²) in [7, 11) is 1.62. The monoisotopic (exact) mass is 372 g/mol. The molecule has 7 heteroatoms. The summed E-state index contributed by atoms with van der Waals surface area (Å²) in [6.45, 7) is 1.12. The van der Waals surface area contributed by atoms with Crippen LogP contribution in [0.25, 0.3) is 10.2 Å². The lowest BCUT2D eigenvalue weighted by Crippen LogP contribution is -2.31. The Bertz CT molecular complexity index is 815. The maximum Gasteiger partial charge on any atom is 0.246 e. The van der Waals surface area contributed by atoms with Gasteiger partial charge >= 0.3 is 0 Å². The molecule has 0 bridgehead atoms. The number of methoxy groups -OCH3 is 1. The molecule has 3 rings (SSSR count). The number of fused-ring (bicyclic) bond motifs is 1. The van der Waals surface area contributed by atoms with Crippen LogP contribution in [0.3, 0.4) is 0 Å². The van der Waals surface area contributed by atoms with E-state index in [2.05, 4.69) is 10.3 Å². The van der Waals surface area contributed by atoms with Crippen LogP contribution in [0, 0.1) is 0 Å². The molecule has 0 atom stereocenters. The van der Waals surface area contributed by atoms with E-state index in [1.807, 2.05) is 48.5 Å². The van der Waals surface area contributed by atoms with Crippen LogP contribution < -0.4 is 14.8 Å². The Labute approximate surface area is 155 Å². The van der Waals surface area contributed by atoms with Gasteiger partial charge < -0.3 is 19.5 Å². The number of carbonyl (C=O) groups excluding carboxylic acids is 1. The van der Waals surface area contributed by atoms with Gasteiger partial charge in [-0.15, -0.1) is 11.3 Å². The van der Waals surface area contributed by atoms with Gasteiger partial charge in [0.15, 0.2) is 0 Å². The summed E-state index contributed by atoms with van der Waals surface area (Å²) in [4.78, 5) is 16.2. The minimum Gasteiger partial charge on any atom is -0.497 e.